The lowest BCUT2D eigenvalue weighted by Crippen LogP contribution is -2.45. The number of carbonyl (C=O) groups is 2. The van der Waals surface area contributed by atoms with Crippen molar-refractivity contribution in [1.29, 1.82) is 0 Å². The number of unbranched alkanes of at least 4 members (excludes halogenated alkanes) is 44. The number of carbonyl (C=O) groups excluding carboxylic acids is 2. The highest BCUT2D eigenvalue weighted by Gasteiger charge is 2.18. The molecule has 0 aliphatic rings. The SMILES string of the molecule is CCCCCCCCCCCCCCCC/C=C/C(O)C(CO)NC(=O)CCCCCCCCC/C=C\CCCCCCCCCCCCCOC(=O)CCCCCCCCCCCCCCC. The molecule has 6 nitrogen and oxygen atoms in total. The summed E-state index contributed by atoms with van der Waals surface area (Å²) in [6.07, 6.45) is 70.7. The van der Waals surface area contributed by atoms with Gasteiger partial charge >= 0.3 is 5.97 Å². The van der Waals surface area contributed by atoms with Crippen molar-refractivity contribution in [3.8, 4) is 0 Å². The van der Waals surface area contributed by atoms with Crippen LogP contribution >= 0.6 is 0 Å². The first-order chi connectivity index (χ1) is 33.5. The third kappa shape index (κ3) is 53.7. The van der Waals surface area contributed by atoms with Crippen molar-refractivity contribution in [2.45, 2.75) is 347 Å². The number of esters is 1. The van der Waals surface area contributed by atoms with Crippen molar-refractivity contribution in [1.82, 2.24) is 5.32 Å². The third-order valence-corrected chi connectivity index (χ3v) is 14.2. The van der Waals surface area contributed by atoms with Crippen molar-refractivity contribution >= 4 is 11.9 Å². The maximum atomic E-state index is 12.5. The molecular weight excluding hydrogens is 839 g/mol. The van der Waals surface area contributed by atoms with Crippen LogP contribution in [0, 0.1) is 0 Å². The highest BCUT2D eigenvalue weighted by molar-refractivity contribution is 5.76. The molecule has 0 rings (SSSR count). The Morgan fingerprint density at radius 2 is 0.691 bits per heavy atom. The lowest BCUT2D eigenvalue weighted by atomic mass is 10.0. The first-order valence-corrected chi connectivity index (χ1v) is 30.6. The van der Waals surface area contributed by atoms with Crippen LogP contribution in [0.2, 0.25) is 0 Å². The molecule has 6 heteroatoms. The Balaban J connectivity index is 3.44. The van der Waals surface area contributed by atoms with Gasteiger partial charge in [0.2, 0.25) is 5.91 Å². The minimum absolute atomic E-state index is 0.0112. The maximum Gasteiger partial charge on any atom is 0.305 e. The molecule has 1 amide bonds. The predicted octanol–water partition coefficient (Wildman–Crippen LogP) is 19.0. The number of aliphatic hydroxyl groups is 2. The fraction of sp³-hybridized carbons (Fsp3) is 0.903. The summed E-state index contributed by atoms with van der Waals surface area (Å²) >= 11 is 0. The van der Waals surface area contributed by atoms with Gasteiger partial charge in [-0.05, 0) is 57.8 Å². The Labute approximate surface area is 424 Å². The Morgan fingerprint density at radius 1 is 0.397 bits per heavy atom. The molecule has 0 saturated carbocycles. The van der Waals surface area contributed by atoms with E-state index in [0.717, 1.165) is 44.9 Å². The summed E-state index contributed by atoms with van der Waals surface area (Å²) in [5.74, 6) is -0.0620. The van der Waals surface area contributed by atoms with E-state index in [9.17, 15) is 19.8 Å². The van der Waals surface area contributed by atoms with E-state index in [1.807, 2.05) is 6.08 Å². The zero-order valence-corrected chi connectivity index (χ0v) is 45.9. The van der Waals surface area contributed by atoms with Gasteiger partial charge in [0, 0.05) is 12.8 Å². The topological polar surface area (TPSA) is 95.9 Å². The molecule has 0 spiro atoms. The van der Waals surface area contributed by atoms with Crippen LogP contribution in [0.3, 0.4) is 0 Å². The van der Waals surface area contributed by atoms with Crippen molar-refractivity contribution in [3.63, 3.8) is 0 Å². The summed E-state index contributed by atoms with van der Waals surface area (Å²) in [5, 5.41) is 23.1. The molecule has 0 aromatic rings. The number of allylic oxidation sites excluding steroid dienone is 3. The molecule has 0 aromatic carbocycles. The minimum atomic E-state index is -0.848. The summed E-state index contributed by atoms with van der Waals surface area (Å²) in [5.41, 5.74) is 0. The van der Waals surface area contributed by atoms with E-state index in [0.29, 0.717) is 19.4 Å². The molecule has 0 radical (unpaired) electrons. The van der Waals surface area contributed by atoms with Gasteiger partial charge in [-0.25, -0.2) is 0 Å². The predicted molar refractivity (Wildman–Crippen MR) is 296 cm³/mol. The summed E-state index contributed by atoms with van der Waals surface area (Å²) in [7, 11) is 0. The highest BCUT2D eigenvalue weighted by atomic mass is 16.5. The second kappa shape index (κ2) is 57.9. The van der Waals surface area contributed by atoms with Gasteiger partial charge in [0.15, 0.2) is 0 Å². The van der Waals surface area contributed by atoms with Gasteiger partial charge in [-0.3, -0.25) is 9.59 Å². The first-order valence-electron chi connectivity index (χ1n) is 30.6. The number of amides is 1. The zero-order chi connectivity index (χ0) is 49.3. The number of nitrogens with one attached hydrogen (secondary N) is 1. The lowest BCUT2D eigenvalue weighted by Gasteiger charge is -2.20. The summed E-state index contributed by atoms with van der Waals surface area (Å²) < 4.78 is 5.48. The number of hydrogen-bond donors (Lipinski definition) is 3. The van der Waals surface area contributed by atoms with Crippen LogP contribution in [0.25, 0.3) is 0 Å². The van der Waals surface area contributed by atoms with Crippen molar-refractivity contribution in [2.24, 2.45) is 0 Å². The van der Waals surface area contributed by atoms with Gasteiger partial charge < -0.3 is 20.3 Å². The molecule has 0 bridgehead atoms. The number of ether oxygens (including phenoxy) is 1. The van der Waals surface area contributed by atoms with Crippen LogP contribution in [-0.4, -0.2) is 47.4 Å². The second-order valence-corrected chi connectivity index (χ2v) is 21.0. The van der Waals surface area contributed by atoms with Crippen LogP contribution in [0.4, 0.5) is 0 Å². The summed E-state index contributed by atoms with van der Waals surface area (Å²) in [6.45, 7) is 4.92. The van der Waals surface area contributed by atoms with Crippen LogP contribution < -0.4 is 5.32 Å². The monoisotopic (exact) mass is 958 g/mol. The van der Waals surface area contributed by atoms with Gasteiger partial charge in [0.05, 0.1) is 25.4 Å². The van der Waals surface area contributed by atoms with Crippen LogP contribution in [-0.2, 0) is 14.3 Å². The van der Waals surface area contributed by atoms with Crippen molar-refractivity contribution < 1.29 is 24.5 Å². The van der Waals surface area contributed by atoms with E-state index < -0.39 is 12.1 Å². The molecule has 0 aliphatic heterocycles. The van der Waals surface area contributed by atoms with Crippen LogP contribution in [0.1, 0.15) is 335 Å². The van der Waals surface area contributed by atoms with Crippen LogP contribution in [0.15, 0.2) is 24.3 Å². The van der Waals surface area contributed by atoms with Crippen LogP contribution in [0.5, 0.6) is 0 Å². The number of aliphatic hydroxyl groups excluding tert-OH is 2. The Kier molecular flexibility index (Phi) is 56.5. The normalized spacial score (nSPS) is 12.7. The summed E-state index contributed by atoms with van der Waals surface area (Å²) in [6, 6.07) is -0.632. The quantitative estimate of drug-likeness (QED) is 0.0321. The minimum Gasteiger partial charge on any atom is -0.466 e. The molecule has 0 aliphatic carbocycles. The molecule has 402 valence electrons. The first kappa shape index (κ1) is 66.3. The molecular formula is C62H119NO5. The van der Waals surface area contributed by atoms with Crippen molar-refractivity contribution in [2.75, 3.05) is 13.2 Å². The number of rotatable bonds is 57. The molecule has 0 heterocycles. The smallest absolute Gasteiger partial charge is 0.305 e. The fourth-order valence-corrected chi connectivity index (χ4v) is 9.51. The highest BCUT2D eigenvalue weighted by Crippen LogP contribution is 2.17. The van der Waals surface area contributed by atoms with Gasteiger partial charge in [-0.1, -0.05) is 289 Å². The largest absolute Gasteiger partial charge is 0.466 e. The maximum absolute atomic E-state index is 12.5. The average Bonchev–Trinajstić information content (AvgIpc) is 3.34. The Bertz CT molecular complexity index is 1060. The second-order valence-electron chi connectivity index (χ2n) is 21.0. The van der Waals surface area contributed by atoms with E-state index in [2.05, 4.69) is 31.3 Å². The standard InChI is InChI=1S/C62H119NO5/c1-3-5-7-9-11-13-15-17-18-27-31-34-38-42-46-50-54-60(65)59(58-64)63-61(66)55-51-47-43-39-35-32-28-25-23-21-19-20-22-24-26-29-33-37-41-45-49-53-57-68-62(67)56-52-48-44-40-36-30-16-14-12-10-8-6-4-2/h21,23,50,54,59-60,64-65H,3-20,22,24-49,51-53,55-58H2,1-2H3,(H,63,66)/b23-21-,54-50+. The van der Waals surface area contributed by atoms with E-state index in [1.54, 1.807) is 6.08 Å². The van der Waals surface area contributed by atoms with E-state index in [4.69, 9.17) is 4.74 Å². The van der Waals surface area contributed by atoms with Crippen molar-refractivity contribution in [3.05, 3.63) is 24.3 Å². The number of hydrogen-bond acceptors (Lipinski definition) is 5. The van der Waals surface area contributed by atoms with E-state index >= 15 is 0 Å². The molecule has 0 fully saturated rings. The zero-order valence-electron chi connectivity index (χ0n) is 45.9. The molecule has 0 aromatic heterocycles. The molecule has 3 N–H and O–H groups in total. The third-order valence-electron chi connectivity index (χ3n) is 14.2. The fourth-order valence-electron chi connectivity index (χ4n) is 9.51. The summed E-state index contributed by atoms with van der Waals surface area (Å²) in [4.78, 5) is 24.5. The average molecular weight is 959 g/mol. The van der Waals surface area contributed by atoms with Gasteiger partial charge in [0.25, 0.3) is 0 Å². The lowest BCUT2D eigenvalue weighted by molar-refractivity contribution is -0.143. The van der Waals surface area contributed by atoms with E-state index in [1.165, 1.54) is 263 Å². The van der Waals surface area contributed by atoms with Gasteiger partial charge in [-0.2, -0.15) is 0 Å². The Morgan fingerprint density at radius 3 is 1.04 bits per heavy atom. The molecule has 2 atom stereocenters. The van der Waals surface area contributed by atoms with E-state index in [-0.39, 0.29) is 18.5 Å². The van der Waals surface area contributed by atoms with Gasteiger partial charge in [0.1, 0.15) is 0 Å². The molecule has 2 unspecified atom stereocenters. The van der Waals surface area contributed by atoms with Gasteiger partial charge in [-0.15, -0.1) is 0 Å². The molecule has 68 heavy (non-hydrogen) atoms. The molecule has 0 saturated heterocycles. The Hall–Kier alpha value is -1.66.